The summed E-state index contributed by atoms with van der Waals surface area (Å²) in [7, 11) is -8.25. The number of aryl methyl sites for hydroxylation is 2. The molecular formula is C44H54N8O6S4. The van der Waals surface area contributed by atoms with Gasteiger partial charge in [-0.05, 0) is 133 Å². The van der Waals surface area contributed by atoms with Gasteiger partial charge in [0.25, 0.3) is 0 Å². The number of azo groups is 2. The Morgan fingerprint density at radius 2 is 0.871 bits per heavy atom. The van der Waals surface area contributed by atoms with Gasteiger partial charge in [0, 0.05) is 48.3 Å². The van der Waals surface area contributed by atoms with E-state index >= 15 is 0 Å². The molecule has 0 N–H and O–H groups in total. The molecule has 0 unspecified atom stereocenters. The van der Waals surface area contributed by atoms with Crippen molar-refractivity contribution in [3.8, 4) is 0 Å². The molecule has 0 aliphatic rings. The Kier molecular flexibility index (Phi) is 20.4. The molecule has 0 aliphatic heterocycles. The molecule has 0 radical (unpaired) electrons. The van der Waals surface area contributed by atoms with Gasteiger partial charge >= 0.3 is 10.3 Å². The molecule has 62 heavy (non-hydrogen) atoms. The molecule has 14 nitrogen and oxygen atoms in total. The van der Waals surface area contributed by atoms with Gasteiger partial charge in [0.2, 0.25) is 0 Å². The van der Waals surface area contributed by atoms with Crippen molar-refractivity contribution in [3.63, 3.8) is 0 Å². The molecule has 0 bridgehead atoms. The largest absolute Gasteiger partial charge is 0.748 e. The highest BCUT2D eigenvalue weighted by Gasteiger charge is 2.12. The number of anilines is 2. The van der Waals surface area contributed by atoms with E-state index in [1.807, 2.05) is 23.2 Å². The summed E-state index contributed by atoms with van der Waals surface area (Å²) in [4.78, 5) is 4.86. The summed E-state index contributed by atoms with van der Waals surface area (Å²) in [5.41, 5.74) is 5.26. The van der Waals surface area contributed by atoms with Gasteiger partial charge in [-0.3, -0.25) is 0 Å². The van der Waals surface area contributed by atoms with Crippen molar-refractivity contribution in [1.82, 2.24) is 0 Å². The fraction of sp³-hybridized carbons (Fsp3) is 0.318. The van der Waals surface area contributed by atoms with Crippen LogP contribution in [0.3, 0.4) is 0 Å². The van der Waals surface area contributed by atoms with Crippen molar-refractivity contribution in [3.05, 3.63) is 143 Å². The van der Waals surface area contributed by atoms with Crippen LogP contribution < -0.4 is 18.9 Å². The van der Waals surface area contributed by atoms with Crippen LogP contribution in [-0.4, -0.2) is 52.1 Å². The van der Waals surface area contributed by atoms with Crippen LogP contribution in [0.25, 0.3) is 0 Å². The van der Waals surface area contributed by atoms with Gasteiger partial charge in [0.05, 0.1) is 55.1 Å². The zero-order valence-corrected chi connectivity index (χ0v) is 38.7. The molecule has 0 saturated heterocycles. The number of hydrogen-bond donors (Lipinski definition) is 0. The first kappa shape index (κ1) is 49.4. The third-order valence-corrected chi connectivity index (χ3v) is 12.1. The number of aromatic nitrogens is 2. The molecule has 0 fully saturated rings. The normalized spacial score (nSPS) is 11.5. The number of hydrogen-bond acceptors (Lipinski definition) is 14. The van der Waals surface area contributed by atoms with E-state index in [1.165, 1.54) is 11.4 Å². The second-order valence-corrected chi connectivity index (χ2v) is 18.2. The summed E-state index contributed by atoms with van der Waals surface area (Å²) < 4.78 is 65.7. The first-order valence-electron chi connectivity index (χ1n) is 20.2. The van der Waals surface area contributed by atoms with Crippen LogP contribution in [0.15, 0.2) is 153 Å². The first-order chi connectivity index (χ1) is 29.8. The SMILES string of the molecule is CCN(CCCCN(CC)c1ccc(N=Nc2scc[n+]2CC)cc1)c1ccc(N=Nc2scc[n+]2CC)cc1.O=S(=O)([O-])Cc1ccccc1.O=S(=O)([O-])Cc1ccccc1. The van der Waals surface area contributed by atoms with Gasteiger partial charge < -0.3 is 18.9 Å². The summed E-state index contributed by atoms with van der Waals surface area (Å²) in [5.74, 6) is -0.846. The topological polar surface area (TPSA) is 178 Å². The maximum atomic E-state index is 10.2. The number of rotatable bonds is 19. The molecule has 0 spiro atoms. The summed E-state index contributed by atoms with van der Waals surface area (Å²) in [5, 5.41) is 23.6. The molecule has 2 aromatic heterocycles. The van der Waals surface area contributed by atoms with E-state index in [1.54, 1.807) is 83.3 Å². The Balaban J connectivity index is 0.000000310. The van der Waals surface area contributed by atoms with Gasteiger partial charge in [-0.2, -0.15) is 0 Å². The molecule has 0 amide bonds. The van der Waals surface area contributed by atoms with Gasteiger partial charge in [0.1, 0.15) is 23.8 Å². The van der Waals surface area contributed by atoms with Gasteiger partial charge in [-0.25, -0.2) is 26.0 Å². The van der Waals surface area contributed by atoms with Crippen LogP contribution in [0.5, 0.6) is 0 Å². The molecule has 18 heteroatoms. The standard InChI is InChI=1S/C30H40N8S2.2C7H8O3S/c1-5-35(27-15-11-25(12-16-27)31-33-29-37(7-3)21-23-39-29)19-9-10-20-36(6-2)28-17-13-26(14-18-28)32-34-30-38(8-4)22-24-40-30;2*8-11(9,10)6-7-4-2-1-3-5-7/h11-18,21-24H,5-10,19-20H2,1-4H3;2*1-5H,6H2,(H,8,9,10)/q+2;;/p-2. The quantitative estimate of drug-likeness (QED) is 0.0333. The second kappa shape index (κ2) is 25.6. The van der Waals surface area contributed by atoms with Crippen molar-refractivity contribution in [1.29, 1.82) is 0 Å². The van der Waals surface area contributed by atoms with E-state index < -0.39 is 31.7 Å². The average Bonchev–Trinajstić information content (AvgIpc) is 3.93. The van der Waals surface area contributed by atoms with Crippen molar-refractivity contribution >= 4 is 75.9 Å². The molecule has 0 saturated carbocycles. The van der Waals surface area contributed by atoms with Crippen LogP contribution >= 0.6 is 22.7 Å². The molecule has 0 aliphatic carbocycles. The second-order valence-electron chi connectivity index (χ2n) is 13.6. The number of thiazole rings is 2. The van der Waals surface area contributed by atoms with E-state index in [0.29, 0.717) is 11.1 Å². The van der Waals surface area contributed by atoms with Crippen molar-refractivity contribution in [2.24, 2.45) is 20.5 Å². The zero-order chi connectivity index (χ0) is 44.8. The maximum Gasteiger partial charge on any atom is 0.408 e. The average molecular weight is 919 g/mol. The monoisotopic (exact) mass is 918 g/mol. The number of benzene rings is 4. The predicted octanol–water partition coefficient (Wildman–Crippen LogP) is 9.85. The van der Waals surface area contributed by atoms with Crippen molar-refractivity contribution in [2.75, 3.05) is 36.0 Å². The summed E-state index contributed by atoms with van der Waals surface area (Å²) in [6.45, 7) is 14.4. The highest BCUT2D eigenvalue weighted by atomic mass is 32.2. The Morgan fingerprint density at radius 1 is 0.516 bits per heavy atom. The van der Waals surface area contributed by atoms with E-state index in [2.05, 4.69) is 116 Å². The third-order valence-electron chi connectivity index (χ3n) is 9.18. The molecule has 6 rings (SSSR count). The van der Waals surface area contributed by atoms with E-state index in [0.717, 1.165) is 73.7 Å². The minimum absolute atomic E-state index is 0.423. The predicted molar refractivity (Wildman–Crippen MR) is 246 cm³/mol. The lowest BCUT2D eigenvalue weighted by Gasteiger charge is -2.26. The Hall–Kier alpha value is -5.24. The van der Waals surface area contributed by atoms with Crippen LogP contribution in [0.4, 0.5) is 33.0 Å². The van der Waals surface area contributed by atoms with Crippen LogP contribution in [-0.2, 0) is 44.8 Å². The molecule has 6 aromatic rings. The smallest absolute Gasteiger partial charge is 0.408 e. The lowest BCUT2D eigenvalue weighted by molar-refractivity contribution is -0.677. The minimum Gasteiger partial charge on any atom is -0.748 e. The van der Waals surface area contributed by atoms with E-state index in [-0.39, 0.29) is 0 Å². The minimum atomic E-state index is -4.13. The number of nitrogens with zero attached hydrogens (tertiary/aromatic N) is 8. The zero-order valence-electron chi connectivity index (χ0n) is 35.4. The molecule has 4 aromatic carbocycles. The third kappa shape index (κ3) is 18.0. The van der Waals surface area contributed by atoms with Crippen LogP contribution in [0.2, 0.25) is 0 Å². The van der Waals surface area contributed by atoms with Gasteiger partial charge in [0.15, 0.2) is 0 Å². The maximum absolute atomic E-state index is 10.2. The summed E-state index contributed by atoms with van der Waals surface area (Å²) in [6.07, 6.45) is 6.34. The molecular weight excluding hydrogens is 865 g/mol. The van der Waals surface area contributed by atoms with Crippen molar-refractivity contribution < 1.29 is 35.1 Å². The van der Waals surface area contributed by atoms with Gasteiger partial charge in [-0.1, -0.05) is 60.7 Å². The molecule has 2 heterocycles. The fourth-order valence-corrected chi connectivity index (χ4v) is 8.69. The Bertz CT molecular complexity index is 2310. The van der Waals surface area contributed by atoms with Crippen LogP contribution in [0.1, 0.15) is 51.7 Å². The highest BCUT2D eigenvalue weighted by Crippen LogP contribution is 2.25. The van der Waals surface area contributed by atoms with E-state index in [4.69, 9.17) is 0 Å². The Labute approximate surface area is 374 Å². The first-order valence-corrected chi connectivity index (χ1v) is 25.1. The van der Waals surface area contributed by atoms with Crippen LogP contribution in [0, 0.1) is 0 Å². The summed E-state index contributed by atoms with van der Waals surface area (Å²) in [6, 6.07) is 33.5. The van der Waals surface area contributed by atoms with E-state index in [9.17, 15) is 25.9 Å². The lowest BCUT2D eigenvalue weighted by atomic mass is 10.2. The molecule has 0 atom stereocenters. The van der Waals surface area contributed by atoms with Gasteiger partial charge in [-0.15, -0.1) is 0 Å². The Morgan fingerprint density at radius 3 is 1.18 bits per heavy atom. The summed E-state index contributed by atoms with van der Waals surface area (Å²) >= 11 is 3.21. The molecule has 330 valence electrons. The lowest BCUT2D eigenvalue weighted by Crippen LogP contribution is -2.28. The van der Waals surface area contributed by atoms with Crippen molar-refractivity contribution in [2.45, 2.75) is 65.1 Å². The number of unbranched alkanes of at least 4 members (excludes halogenated alkanes) is 1. The fourth-order valence-electron chi connectivity index (χ4n) is 6.00. The highest BCUT2D eigenvalue weighted by molar-refractivity contribution is 7.85.